The Hall–Kier alpha value is -4.56. The molecule has 4 aliphatic heterocycles. The molecule has 5 heterocycles. The van der Waals surface area contributed by atoms with E-state index in [4.69, 9.17) is 10.6 Å². The number of carbonyl (C=O) groups is 5. The average Bonchev–Trinajstić information content (AvgIpc) is 3.78. The number of benzene rings is 1. The fourth-order valence-electron chi connectivity index (χ4n) is 5.40. The Balaban J connectivity index is 0.00000600. The van der Waals surface area contributed by atoms with E-state index in [2.05, 4.69) is 36.8 Å². The van der Waals surface area contributed by atoms with Gasteiger partial charge in [0, 0.05) is 40.1 Å². The molecule has 56 heavy (non-hydrogen) atoms. The molecule has 0 radical (unpaired) electrons. The number of nitrogens with zero attached hydrogens (tertiary/aromatic N) is 6. The number of thiazole rings is 1. The van der Waals surface area contributed by atoms with Crippen molar-refractivity contribution >= 4 is 81.0 Å². The van der Waals surface area contributed by atoms with Crippen LogP contribution in [0.2, 0.25) is 0 Å². The predicted octanol–water partition coefficient (Wildman–Crippen LogP) is -4.93. The molecule has 292 valence electrons. The van der Waals surface area contributed by atoms with Gasteiger partial charge in [0.15, 0.2) is 28.2 Å². The largest absolute Gasteiger partial charge is 1.00 e. The van der Waals surface area contributed by atoms with Crippen molar-refractivity contribution in [2.75, 3.05) is 30.5 Å². The number of amides is 4. The number of fused-ring (bicyclic) bond motifs is 2. The Bertz CT molecular complexity index is 2080. The second-order valence-electron chi connectivity index (χ2n) is 13.0. The number of aliphatic carboxylic acids is 1. The van der Waals surface area contributed by atoms with Crippen LogP contribution in [0.1, 0.15) is 36.8 Å². The van der Waals surface area contributed by atoms with E-state index in [1.165, 1.54) is 58.7 Å². The molecule has 6 rings (SSSR count). The average molecular weight is 840 g/mol. The van der Waals surface area contributed by atoms with Gasteiger partial charge in [-0.2, -0.15) is 0 Å². The molecule has 1 aromatic carbocycles. The van der Waals surface area contributed by atoms with Gasteiger partial charge in [-0.3, -0.25) is 35.0 Å². The summed E-state index contributed by atoms with van der Waals surface area (Å²) in [5.41, 5.74) is 9.94. The third-order valence-electron chi connectivity index (χ3n) is 8.50. The maximum Gasteiger partial charge on any atom is 1.00 e. The van der Waals surface area contributed by atoms with Crippen molar-refractivity contribution < 1.29 is 78.8 Å². The van der Waals surface area contributed by atoms with Crippen molar-refractivity contribution in [2.45, 2.75) is 37.8 Å². The number of allylic oxidation sites excluding steroid dienone is 1. The first-order valence-electron chi connectivity index (χ1n) is 16.1. The number of aliphatic hydroxyl groups excluding tert-OH is 1. The molecule has 2 saturated heterocycles. The summed E-state index contributed by atoms with van der Waals surface area (Å²) in [6, 6.07) is 2.22. The molecule has 0 aliphatic carbocycles. The van der Waals surface area contributed by atoms with Gasteiger partial charge >= 0.3 is 29.6 Å². The normalized spacial score (nSPS) is 21.6. The summed E-state index contributed by atoms with van der Waals surface area (Å²) in [6.45, 7) is 3.87. The van der Waals surface area contributed by atoms with Gasteiger partial charge in [0.1, 0.15) is 23.8 Å². The molecule has 0 spiro atoms. The zero-order chi connectivity index (χ0) is 39.8. The quantitative estimate of drug-likeness (QED) is 0.0327. The number of aliphatic hydroxyl groups is 1. The molecule has 2 unspecified atom stereocenters. The third kappa shape index (κ3) is 8.71. The monoisotopic (exact) mass is 839 g/mol. The Morgan fingerprint density at radius 2 is 1.98 bits per heavy atom. The maximum absolute atomic E-state index is 13.6. The molecule has 3 atom stereocenters. The van der Waals surface area contributed by atoms with Crippen LogP contribution in [0.5, 0.6) is 11.5 Å². The number of nitrogens with one attached hydrogen (secondary N) is 4. The molecule has 2 aromatic rings. The first-order valence-corrected chi connectivity index (χ1v) is 19.0. The number of carbonyl (C=O) groups excluding carboxylic acids is 5. The summed E-state index contributed by atoms with van der Waals surface area (Å²) in [5, 5.41) is 52.3. The summed E-state index contributed by atoms with van der Waals surface area (Å²) in [7, 11) is 0. The minimum Gasteiger partial charge on any atom is -0.549 e. The van der Waals surface area contributed by atoms with Crippen LogP contribution in [-0.2, 0) is 24.0 Å². The second kappa shape index (κ2) is 16.9. The number of carboxylic acids is 1. The SMILES string of the molecule is CC1=NC2=CN(CO)NN2C(SCC2(C(=O)[O-])CS[C@@H]3C(NC(=O)C(=NOC(C)(C)C(=O)NNC(=O)c4ccc(O)c(O)c4)c4csc(N)n4)C(=O)N3C2)=C1.[Na+]. The number of phenolic OH excluding ortho intramolecular Hbond substituents is 2. The van der Waals surface area contributed by atoms with Crippen LogP contribution in [0.25, 0.3) is 0 Å². The number of hydrogen-bond acceptors (Lipinski definition) is 20. The molecule has 2 fully saturated rings. The number of hydrogen-bond donors (Lipinski definition) is 8. The molecule has 0 bridgehead atoms. The number of nitrogens with two attached hydrogens (primary N) is 1. The number of β-lactam (4-membered cyclic amide) rings is 1. The van der Waals surface area contributed by atoms with Crippen LogP contribution < -0.4 is 62.1 Å². The van der Waals surface area contributed by atoms with Gasteiger partial charge in [-0.15, -0.1) is 40.4 Å². The molecule has 25 heteroatoms. The van der Waals surface area contributed by atoms with E-state index in [0.29, 0.717) is 16.6 Å². The molecular weight excluding hydrogens is 806 g/mol. The number of thioether (sulfide) groups is 2. The molecule has 9 N–H and O–H groups in total. The summed E-state index contributed by atoms with van der Waals surface area (Å²) in [5.74, 6) is -4.88. The minimum absolute atomic E-state index is 0. The van der Waals surface area contributed by atoms with Gasteiger partial charge in [0.05, 0.1) is 17.2 Å². The van der Waals surface area contributed by atoms with Gasteiger partial charge in [-0.25, -0.2) is 15.0 Å². The first kappa shape index (κ1) is 42.6. The van der Waals surface area contributed by atoms with Gasteiger partial charge in [-0.1, -0.05) is 5.16 Å². The number of hydrazine groups is 3. The third-order valence-corrected chi connectivity index (χ3v) is 12.1. The number of phenols is 2. The van der Waals surface area contributed by atoms with E-state index in [1.54, 1.807) is 24.2 Å². The van der Waals surface area contributed by atoms with E-state index >= 15 is 0 Å². The zero-order valence-electron chi connectivity index (χ0n) is 30.1. The smallest absolute Gasteiger partial charge is 0.549 e. The number of rotatable bonds is 12. The van der Waals surface area contributed by atoms with Crippen LogP contribution in [0, 0.1) is 5.41 Å². The fourth-order valence-corrected chi connectivity index (χ4v) is 8.87. The maximum atomic E-state index is 13.6. The summed E-state index contributed by atoms with van der Waals surface area (Å²) in [6.07, 6.45) is 3.36. The summed E-state index contributed by atoms with van der Waals surface area (Å²) < 4.78 is 0. The van der Waals surface area contributed by atoms with Crippen molar-refractivity contribution in [1.29, 1.82) is 0 Å². The number of nitrogen functional groups attached to an aromatic ring is 1. The second-order valence-corrected chi connectivity index (χ2v) is 16.0. The van der Waals surface area contributed by atoms with E-state index in [-0.39, 0.29) is 70.7 Å². The van der Waals surface area contributed by atoms with Gasteiger partial charge in [0.25, 0.3) is 17.7 Å². The Kier molecular flexibility index (Phi) is 12.8. The molecule has 0 saturated carbocycles. The number of aromatic nitrogens is 1. The van der Waals surface area contributed by atoms with E-state index in [9.17, 15) is 44.4 Å². The molecule has 1 aromatic heterocycles. The van der Waals surface area contributed by atoms with Crippen LogP contribution in [-0.4, -0.2) is 118 Å². The van der Waals surface area contributed by atoms with Crippen LogP contribution >= 0.6 is 34.9 Å². The molecule has 4 amide bonds. The number of aromatic hydroxyl groups is 2. The number of aliphatic imine (C=N–C) groups is 1. The molecule has 21 nitrogen and oxygen atoms in total. The zero-order valence-corrected chi connectivity index (χ0v) is 34.6. The molecule has 4 aliphatic rings. The van der Waals surface area contributed by atoms with Crippen molar-refractivity contribution in [2.24, 2.45) is 15.6 Å². The Morgan fingerprint density at radius 3 is 2.64 bits per heavy atom. The Morgan fingerprint density at radius 1 is 1.23 bits per heavy atom. The molecular formula is C31H34N11NaO10S3. The van der Waals surface area contributed by atoms with Crippen LogP contribution in [0.15, 0.2) is 56.9 Å². The van der Waals surface area contributed by atoms with Crippen LogP contribution in [0.3, 0.4) is 0 Å². The van der Waals surface area contributed by atoms with Crippen molar-refractivity contribution in [3.05, 3.63) is 58.0 Å². The van der Waals surface area contributed by atoms with Crippen molar-refractivity contribution in [1.82, 2.24) is 41.6 Å². The topological polar surface area (TPSA) is 300 Å². The van der Waals surface area contributed by atoms with Crippen molar-refractivity contribution in [3.63, 3.8) is 0 Å². The number of carboxylic acid groups (broad SMARTS) is 1. The fraction of sp³-hybridized carbons (Fsp3) is 0.355. The van der Waals surface area contributed by atoms with Gasteiger partial charge < -0.3 is 46.0 Å². The van der Waals surface area contributed by atoms with Crippen LogP contribution in [0.4, 0.5) is 5.13 Å². The first-order chi connectivity index (χ1) is 26.0. The minimum atomic E-state index is -1.80. The Labute approximate surface area is 352 Å². The standard InChI is InChI=1S/C31H35N11O10S3.Na/c1-14-6-20(42-19(33-14)8-40(13-43)39-42)54-11-31(28(50)51)10-41-25(48)22(26(41)55-12-31)35-24(47)21(16-9-53-29(32)34-16)38-52-30(2,3)27(49)37-36-23(46)15-4-5-17(44)18(45)7-15;/h4-9,22,26,39,43-45H,10-13H2,1-3H3,(H2,32,34)(H,35,47)(H,36,46)(H,37,49)(H,50,51);/q;+1/p-1/t22?,26-,31?;/m1./s1. The number of anilines is 1. The van der Waals surface area contributed by atoms with Gasteiger partial charge in [-0.05, 0) is 45.0 Å². The van der Waals surface area contributed by atoms with E-state index < -0.39 is 69.2 Å². The summed E-state index contributed by atoms with van der Waals surface area (Å²) in [4.78, 5) is 80.3. The van der Waals surface area contributed by atoms with Crippen molar-refractivity contribution in [3.8, 4) is 11.5 Å². The van der Waals surface area contributed by atoms with E-state index in [1.807, 2.05) is 0 Å². The predicted molar refractivity (Wildman–Crippen MR) is 197 cm³/mol. The number of oxime groups is 1. The summed E-state index contributed by atoms with van der Waals surface area (Å²) >= 11 is 3.38. The van der Waals surface area contributed by atoms with E-state index in [0.717, 1.165) is 23.5 Å². The van der Waals surface area contributed by atoms with Gasteiger partial charge in [0.2, 0.25) is 11.5 Å².